The van der Waals surface area contributed by atoms with E-state index in [0.717, 1.165) is 5.75 Å². The number of carbonyl (C=O) groups is 1. The Morgan fingerprint density at radius 1 is 1.68 bits per heavy atom. The zero-order chi connectivity index (χ0) is 14.0. The molecule has 1 aliphatic rings. The van der Waals surface area contributed by atoms with E-state index in [-0.39, 0.29) is 17.7 Å². The van der Waals surface area contributed by atoms with Gasteiger partial charge in [-0.1, -0.05) is 11.8 Å². The maximum Gasteiger partial charge on any atom is 0.267 e. The van der Waals surface area contributed by atoms with Crippen molar-refractivity contribution in [2.24, 2.45) is 0 Å². The Labute approximate surface area is 113 Å². The quantitative estimate of drug-likeness (QED) is 0.602. The molecule has 7 nitrogen and oxygen atoms in total. The van der Waals surface area contributed by atoms with Crippen LogP contribution >= 0.6 is 11.8 Å². The molecule has 8 heteroatoms. The van der Waals surface area contributed by atoms with Gasteiger partial charge in [0.25, 0.3) is 11.5 Å². The number of aliphatic hydroxyl groups excluding tert-OH is 1. The van der Waals surface area contributed by atoms with Gasteiger partial charge in [-0.05, 0) is 6.92 Å². The largest absolute Gasteiger partial charge is 0.393 e. The van der Waals surface area contributed by atoms with Crippen molar-refractivity contribution in [2.45, 2.75) is 24.2 Å². The van der Waals surface area contributed by atoms with Gasteiger partial charge in [-0.25, -0.2) is 4.98 Å². The fraction of sp³-hybridized carbons (Fsp3) is 0.545. The van der Waals surface area contributed by atoms with Crippen LogP contribution in [-0.2, 0) is 6.54 Å². The minimum absolute atomic E-state index is 0.0556. The maximum absolute atomic E-state index is 12.0. The van der Waals surface area contributed by atoms with E-state index in [0.29, 0.717) is 11.7 Å². The van der Waals surface area contributed by atoms with Crippen molar-refractivity contribution in [2.75, 3.05) is 18.9 Å². The Bertz CT molecular complexity index is 555. The number of fused-ring (bicyclic) bond motifs is 1. The molecule has 1 aliphatic heterocycles. The number of hydrogen-bond donors (Lipinski definition) is 3. The summed E-state index contributed by atoms with van der Waals surface area (Å²) in [6.07, 6.45) is 1.25. The SMILES string of the molecule is CC(O)(CO)CNC(=O)c1cnc2n(c1=O)CCS2. The molecule has 1 amide bonds. The lowest BCUT2D eigenvalue weighted by molar-refractivity contribution is 0.00318. The van der Waals surface area contributed by atoms with Gasteiger partial charge in [-0.15, -0.1) is 0 Å². The van der Waals surface area contributed by atoms with Gasteiger partial charge < -0.3 is 15.5 Å². The van der Waals surface area contributed by atoms with Crippen molar-refractivity contribution in [1.29, 1.82) is 0 Å². The first-order valence-electron chi connectivity index (χ1n) is 5.79. The summed E-state index contributed by atoms with van der Waals surface area (Å²) < 4.78 is 1.46. The number of rotatable bonds is 4. The number of thioether (sulfide) groups is 1. The van der Waals surface area contributed by atoms with Gasteiger partial charge in [0.05, 0.1) is 6.61 Å². The van der Waals surface area contributed by atoms with Crippen molar-refractivity contribution in [3.05, 3.63) is 22.1 Å². The smallest absolute Gasteiger partial charge is 0.267 e. The summed E-state index contributed by atoms with van der Waals surface area (Å²) in [4.78, 5) is 28.0. The molecule has 2 rings (SSSR count). The van der Waals surface area contributed by atoms with Gasteiger partial charge in [0, 0.05) is 25.0 Å². The highest BCUT2D eigenvalue weighted by atomic mass is 32.2. The van der Waals surface area contributed by atoms with Crippen molar-refractivity contribution in [1.82, 2.24) is 14.9 Å². The van der Waals surface area contributed by atoms with Crippen LogP contribution in [0.3, 0.4) is 0 Å². The first-order valence-corrected chi connectivity index (χ1v) is 6.77. The lowest BCUT2D eigenvalue weighted by atomic mass is 10.1. The maximum atomic E-state index is 12.0. The first-order chi connectivity index (χ1) is 8.94. The van der Waals surface area contributed by atoms with E-state index < -0.39 is 18.1 Å². The topological polar surface area (TPSA) is 104 Å². The second-order valence-electron chi connectivity index (χ2n) is 4.60. The number of nitrogens with one attached hydrogen (secondary N) is 1. The molecule has 0 fully saturated rings. The normalized spacial score (nSPS) is 16.8. The molecule has 1 aromatic rings. The summed E-state index contributed by atoms with van der Waals surface area (Å²) in [5, 5.41) is 21.5. The standard InChI is InChI=1S/C11H15N3O4S/c1-11(18,6-15)5-13-8(16)7-4-12-10-14(9(7)17)2-3-19-10/h4,15,18H,2-3,5-6H2,1H3,(H,13,16). The molecular weight excluding hydrogens is 270 g/mol. The molecule has 1 atom stereocenters. The zero-order valence-electron chi connectivity index (χ0n) is 10.4. The fourth-order valence-electron chi connectivity index (χ4n) is 1.60. The van der Waals surface area contributed by atoms with Crippen LogP contribution in [0.2, 0.25) is 0 Å². The molecular formula is C11H15N3O4S. The summed E-state index contributed by atoms with van der Waals surface area (Å²) in [6, 6.07) is 0. The number of carbonyl (C=O) groups excluding carboxylic acids is 1. The fourth-order valence-corrected chi connectivity index (χ4v) is 2.51. The van der Waals surface area contributed by atoms with Crippen LogP contribution in [0.25, 0.3) is 0 Å². The lowest BCUT2D eigenvalue weighted by Gasteiger charge is -2.20. The van der Waals surface area contributed by atoms with E-state index in [1.165, 1.54) is 29.4 Å². The van der Waals surface area contributed by atoms with E-state index in [4.69, 9.17) is 5.11 Å². The predicted molar refractivity (Wildman–Crippen MR) is 69.3 cm³/mol. The number of hydrogen-bond acceptors (Lipinski definition) is 6. The monoisotopic (exact) mass is 285 g/mol. The van der Waals surface area contributed by atoms with E-state index in [2.05, 4.69) is 10.3 Å². The molecule has 0 spiro atoms. The molecule has 0 saturated carbocycles. The van der Waals surface area contributed by atoms with E-state index >= 15 is 0 Å². The Balaban J connectivity index is 2.15. The second-order valence-corrected chi connectivity index (χ2v) is 5.66. The van der Waals surface area contributed by atoms with Gasteiger partial charge >= 0.3 is 0 Å². The Morgan fingerprint density at radius 3 is 3.11 bits per heavy atom. The third kappa shape index (κ3) is 2.96. The van der Waals surface area contributed by atoms with Crippen molar-refractivity contribution < 1.29 is 15.0 Å². The van der Waals surface area contributed by atoms with Gasteiger partial charge in [0.15, 0.2) is 5.16 Å². The molecule has 3 N–H and O–H groups in total. The lowest BCUT2D eigenvalue weighted by Crippen LogP contribution is -2.44. The zero-order valence-corrected chi connectivity index (χ0v) is 11.2. The molecule has 1 unspecified atom stereocenters. The molecule has 19 heavy (non-hydrogen) atoms. The summed E-state index contributed by atoms with van der Waals surface area (Å²) in [7, 11) is 0. The highest BCUT2D eigenvalue weighted by molar-refractivity contribution is 7.99. The highest BCUT2D eigenvalue weighted by Crippen LogP contribution is 2.20. The average Bonchev–Trinajstić information content (AvgIpc) is 2.86. The Hall–Kier alpha value is -1.38. The molecule has 0 saturated heterocycles. The van der Waals surface area contributed by atoms with Crippen LogP contribution in [0, 0.1) is 0 Å². The van der Waals surface area contributed by atoms with Gasteiger partial charge in [0.2, 0.25) is 0 Å². The van der Waals surface area contributed by atoms with Gasteiger partial charge in [0.1, 0.15) is 11.2 Å². The van der Waals surface area contributed by atoms with Crippen LogP contribution in [-0.4, -0.2) is 50.2 Å². The van der Waals surface area contributed by atoms with Crippen LogP contribution in [0.1, 0.15) is 17.3 Å². The highest BCUT2D eigenvalue weighted by Gasteiger charge is 2.23. The summed E-state index contributed by atoms with van der Waals surface area (Å²) in [6.45, 7) is 1.31. The first kappa shape index (κ1) is 14.0. The van der Waals surface area contributed by atoms with Gasteiger partial charge in [-0.3, -0.25) is 14.2 Å². The Morgan fingerprint density at radius 2 is 2.42 bits per heavy atom. The molecule has 1 aromatic heterocycles. The molecule has 0 bridgehead atoms. The molecule has 2 heterocycles. The van der Waals surface area contributed by atoms with Crippen molar-refractivity contribution in [3.63, 3.8) is 0 Å². The van der Waals surface area contributed by atoms with E-state index in [1.807, 2.05) is 0 Å². The number of amides is 1. The molecule has 0 aromatic carbocycles. The predicted octanol–water partition coefficient (Wildman–Crippen LogP) is -1.18. The van der Waals surface area contributed by atoms with Crippen molar-refractivity contribution >= 4 is 17.7 Å². The van der Waals surface area contributed by atoms with Crippen LogP contribution in [0.5, 0.6) is 0 Å². The molecule has 0 aliphatic carbocycles. The van der Waals surface area contributed by atoms with Crippen LogP contribution in [0.4, 0.5) is 0 Å². The van der Waals surface area contributed by atoms with Gasteiger partial charge in [-0.2, -0.15) is 0 Å². The number of nitrogens with zero attached hydrogens (tertiary/aromatic N) is 2. The van der Waals surface area contributed by atoms with Crippen LogP contribution in [0.15, 0.2) is 16.1 Å². The summed E-state index contributed by atoms with van der Waals surface area (Å²) in [5.74, 6) is 0.172. The molecule has 104 valence electrons. The summed E-state index contributed by atoms with van der Waals surface area (Å²) >= 11 is 1.47. The second kappa shape index (κ2) is 5.32. The number of aromatic nitrogens is 2. The van der Waals surface area contributed by atoms with E-state index in [9.17, 15) is 14.7 Å². The molecule has 0 radical (unpaired) electrons. The number of aliphatic hydroxyl groups is 2. The average molecular weight is 285 g/mol. The Kier molecular flexibility index (Phi) is 3.93. The van der Waals surface area contributed by atoms with Crippen molar-refractivity contribution in [3.8, 4) is 0 Å². The van der Waals surface area contributed by atoms with E-state index in [1.54, 1.807) is 0 Å². The minimum Gasteiger partial charge on any atom is -0.393 e. The third-order valence-corrected chi connectivity index (χ3v) is 3.74. The third-order valence-electron chi connectivity index (χ3n) is 2.77. The summed E-state index contributed by atoms with van der Waals surface area (Å²) in [5.41, 5.74) is -1.84. The minimum atomic E-state index is -1.41. The van der Waals surface area contributed by atoms with Crippen LogP contribution < -0.4 is 10.9 Å².